The molecule has 1 aliphatic rings. The summed E-state index contributed by atoms with van der Waals surface area (Å²) in [6.07, 6.45) is 6.41. The molecule has 4 nitrogen and oxygen atoms in total. The van der Waals surface area contributed by atoms with E-state index in [2.05, 4.69) is 26.4 Å². The highest BCUT2D eigenvalue weighted by Crippen LogP contribution is 2.30. The van der Waals surface area contributed by atoms with Crippen LogP contribution in [0.3, 0.4) is 0 Å². The second-order valence-electron chi connectivity index (χ2n) is 6.75. The molecule has 0 N–H and O–H groups in total. The third-order valence-electron chi connectivity index (χ3n) is 4.92. The molecule has 0 radical (unpaired) electrons. The van der Waals surface area contributed by atoms with Crippen molar-refractivity contribution < 1.29 is 8.78 Å². The molecule has 6 heteroatoms. The van der Waals surface area contributed by atoms with Crippen molar-refractivity contribution >= 4 is 0 Å². The summed E-state index contributed by atoms with van der Waals surface area (Å²) in [5.41, 5.74) is 2.62. The first kappa shape index (κ1) is 16.8. The summed E-state index contributed by atoms with van der Waals surface area (Å²) in [7, 11) is 0. The molecule has 134 valence electrons. The minimum Gasteiger partial charge on any atom is -0.324 e. The van der Waals surface area contributed by atoms with Crippen LogP contribution in [0.4, 0.5) is 8.78 Å². The number of imidazole rings is 1. The zero-order valence-electron chi connectivity index (χ0n) is 14.6. The van der Waals surface area contributed by atoms with Crippen molar-refractivity contribution in [1.29, 1.82) is 0 Å². The van der Waals surface area contributed by atoms with Gasteiger partial charge in [-0.15, -0.1) is 0 Å². The lowest BCUT2D eigenvalue weighted by Gasteiger charge is -2.20. The van der Waals surface area contributed by atoms with E-state index in [1.54, 1.807) is 6.20 Å². The molecular weight excluding hydrogens is 334 g/mol. The molecule has 1 aliphatic heterocycles. The van der Waals surface area contributed by atoms with E-state index in [0.29, 0.717) is 12.1 Å². The first-order chi connectivity index (χ1) is 12.6. The average molecular weight is 354 g/mol. The van der Waals surface area contributed by atoms with Gasteiger partial charge >= 0.3 is 0 Å². The number of rotatable bonds is 4. The fourth-order valence-electron chi connectivity index (χ4n) is 3.67. The van der Waals surface area contributed by atoms with Crippen molar-refractivity contribution in [2.75, 3.05) is 13.1 Å². The molecule has 4 rings (SSSR count). The number of aromatic nitrogens is 3. The fraction of sp³-hybridized carbons (Fsp3) is 0.300. The van der Waals surface area contributed by atoms with Crippen molar-refractivity contribution in [2.45, 2.75) is 25.9 Å². The van der Waals surface area contributed by atoms with Gasteiger partial charge in [-0.2, -0.15) is 0 Å². The van der Waals surface area contributed by atoms with Crippen molar-refractivity contribution in [2.24, 2.45) is 0 Å². The van der Waals surface area contributed by atoms with Crippen molar-refractivity contribution in [3.8, 4) is 11.4 Å². The summed E-state index contributed by atoms with van der Waals surface area (Å²) in [4.78, 5) is 11.0. The minimum atomic E-state index is -0.541. The Kier molecular flexibility index (Phi) is 4.51. The Morgan fingerprint density at radius 2 is 2.08 bits per heavy atom. The Morgan fingerprint density at radius 3 is 2.85 bits per heavy atom. The molecule has 1 unspecified atom stereocenters. The Balaban J connectivity index is 1.54. The number of nitrogens with zero attached hydrogens (tertiary/aromatic N) is 4. The van der Waals surface area contributed by atoms with E-state index in [4.69, 9.17) is 0 Å². The molecule has 3 aromatic rings. The minimum absolute atomic E-state index is 0.274. The monoisotopic (exact) mass is 354 g/mol. The molecule has 3 heterocycles. The average Bonchev–Trinajstić information content (AvgIpc) is 3.24. The van der Waals surface area contributed by atoms with Crippen LogP contribution in [0.5, 0.6) is 0 Å². The van der Waals surface area contributed by atoms with Crippen LogP contribution in [-0.4, -0.2) is 32.5 Å². The van der Waals surface area contributed by atoms with Crippen molar-refractivity contribution in [3.63, 3.8) is 0 Å². The van der Waals surface area contributed by atoms with Crippen molar-refractivity contribution in [1.82, 2.24) is 19.4 Å². The van der Waals surface area contributed by atoms with Crippen LogP contribution in [0.25, 0.3) is 11.4 Å². The summed E-state index contributed by atoms with van der Waals surface area (Å²) >= 11 is 0. The number of likely N-dealkylation sites (tertiary alicyclic amines) is 1. The van der Waals surface area contributed by atoms with Gasteiger partial charge in [-0.3, -0.25) is 9.88 Å². The van der Waals surface area contributed by atoms with E-state index in [-0.39, 0.29) is 6.04 Å². The van der Waals surface area contributed by atoms with Gasteiger partial charge in [0.05, 0.1) is 0 Å². The van der Waals surface area contributed by atoms with Gasteiger partial charge < -0.3 is 4.57 Å². The van der Waals surface area contributed by atoms with E-state index < -0.39 is 11.6 Å². The molecule has 2 aromatic heterocycles. The molecule has 1 saturated heterocycles. The predicted octanol–water partition coefficient (Wildman–Crippen LogP) is 3.98. The second kappa shape index (κ2) is 6.96. The largest absolute Gasteiger partial charge is 0.324 e. The second-order valence-corrected chi connectivity index (χ2v) is 6.75. The maximum Gasteiger partial charge on any atom is 0.141 e. The lowest BCUT2D eigenvalue weighted by molar-refractivity contribution is 0.310. The normalized spacial score (nSPS) is 17.7. The van der Waals surface area contributed by atoms with Crippen LogP contribution in [0.2, 0.25) is 0 Å². The fourth-order valence-corrected chi connectivity index (χ4v) is 3.67. The first-order valence-electron chi connectivity index (χ1n) is 8.72. The molecule has 0 aliphatic carbocycles. The zero-order chi connectivity index (χ0) is 18.1. The van der Waals surface area contributed by atoms with Crippen molar-refractivity contribution in [3.05, 3.63) is 71.8 Å². The van der Waals surface area contributed by atoms with Gasteiger partial charge in [0, 0.05) is 67.2 Å². The predicted molar refractivity (Wildman–Crippen MR) is 95.5 cm³/mol. The highest BCUT2D eigenvalue weighted by molar-refractivity contribution is 5.54. The topological polar surface area (TPSA) is 34.0 Å². The number of hydrogen-bond acceptors (Lipinski definition) is 3. The molecule has 1 fully saturated rings. The Labute approximate surface area is 151 Å². The highest BCUT2D eigenvalue weighted by atomic mass is 19.1. The van der Waals surface area contributed by atoms with E-state index in [1.165, 1.54) is 12.1 Å². The maximum atomic E-state index is 13.9. The summed E-state index contributed by atoms with van der Waals surface area (Å²) in [5.74, 6) is -0.112. The van der Waals surface area contributed by atoms with E-state index in [1.807, 2.05) is 24.5 Å². The van der Waals surface area contributed by atoms with Gasteiger partial charge in [0.25, 0.3) is 0 Å². The lowest BCUT2D eigenvalue weighted by atomic mass is 10.2. The van der Waals surface area contributed by atoms with Crippen LogP contribution in [-0.2, 0) is 6.54 Å². The van der Waals surface area contributed by atoms with Gasteiger partial charge in [0.2, 0.25) is 0 Å². The molecule has 1 atom stereocenters. The number of aryl methyl sites for hydroxylation is 1. The molecule has 0 amide bonds. The number of hydrogen-bond donors (Lipinski definition) is 0. The molecular formula is C20H20F2N4. The summed E-state index contributed by atoms with van der Waals surface area (Å²) in [6.45, 7) is 4.21. The Bertz CT molecular complexity index is 907. The van der Waals surface area contributed by atoms with Gasteiger partial charge in [-0.25, -0.2) is 13.8 Å². The van der Waals surface area contributed by atoms with Crippen LogP contribution in [0.15, 0.2) is 48.9 Å². The quantitative estimate of drug-likeness (QED) is 0.711. The first-order valence-corrected chi connectivity index (χ1v) is 8.72. The van der Waals surface area contributed by atoms with Crippen LogP contribution < -0.4 is 0 Å². The van der Waals surface area contributed by atoms with Crippen LogP contribution >= 0.6 is 0 Å². The third kappa shape index (κ3) is 3.24. The SMILES string of the molecule is Cc1cnc(-c2cccnc2)n1C1CCN(Cc2ccc(F)cc2F)C1. The summed E-state index contributed by atoms with van der Waals surface area (Å²) in [5, 5.41) is 0. The Morgan fingerprint density at radius 1 is 1.19 bits per heavy atom. The Hall–Kier alpha value is -2.60. The zero-order valence-corrected chi connectivity index (χ0v) is 14.6. The van der Waals surface area contributed by atoms with Crippen LogP contribution in [0, 0.1) is 18.6 Å². The van der Waals surface area contributed by atoms with E-state index in [9.17, 15) is 8.78 Å². The maximum absolute atomic E-state index is 13.9. The number of pyridine rings is 1. The van der Waals surface area contributed by atoms with E-state index >= 15 is 0 Å². The van der Waals surface area contributed by atoms with Gasteiger partial charge in [-0.05, 0) is 31.5 Å². The molecule has 0 saturated carbocycles. The highest BCUT2D eigenvalue weighted by Gasteiger charge is 2.27. The van der Waals surface area contributed by atoms with Gasteiger partial charge in [0.1, 0.15) is 17.5 Å². The van der Waals surface area contributed by atoms with Gasteiger partial charge in [-0.1, -0.05) is 6.07 Å². The van der Waals surface area contributed by atoms with Gasteiger partial charge in [0.15, 0.2) is 0 Å². The third-order valence-corrected chi connectivity index (χ3v) is 4.92. The molecule has 0 spiro atoms. The van der Waals surface area contributed by atoms with Crippen LogP contribution in [0.1, 0.15) is 23.7 Å². The molecule has 0 bridgehead atoms. The smallest absolute Gasteiger partial charge is 0.141 e. The van der Waals surface area contributed by atoms with E-state index in [0.717, 1.165) is 42.7 Å². The number of halogens is 2. The summed E-state index contributed by atoms with van der Waals surface area (Å²) in [6, 6.07) is 7.97. The molecule has 26 heavy (non-hydrogen) atoms. The standard InChI is InChI=1S/C20H20F2N4/c1-14-10-24-20(15-3-2-7-23-11-15)26(14)18-6-8-25(13-18)12-16-4-5-17(21)9-19(16)22/h2-5,7,9-11,18H,6,8,12-13H2,1H3. The number of benzene rings is 1. The summed E-state index contributed by atoms with van der Waals surface area (Å²) < 4.78 is 29.3. The lowest BCUT2D eigenvalue weighted by Crippen LogP contribution is -2.22. The molecule has 1 aromatic carbocycles.